The summed E-state index contributed by atoms with van der Waals surface area (Å²) in [6.07, 6.45) is 2.69. The van der Waals surface area contributed by atoms with E-state index in [2.05, 4.69) is 10.3 Å². The molecular formula is C20H27N5O6S2. The highest BCUT2D eigenvalue weighted by molar-refractivity contribution is 7.92. The van der Waals surface area contributed by atoms with Gasteiger partial charge in [0.05, 0.1) is 11.9 Å². The molecule has 11 nitrogen and oxygen atoms in total. The fourth-order valence-electron chi connectivity index (χ4n) is 2.92. The van der Waals surface area contributed by atoms with Crippen molar-refractivity contribution in [3.63, 3.8) is 0 Å². The fraction of sp³-hybridized carbons (Fsp3) is 0.400. The highest BCUT2D eigenvalue weighted by Gasteiger charge is 2.39. The summed E-state index contributed by atoms with van der Waals surface area (Å²) >= 11 is 1.07. The van der Waals surface area contributed by atoms with Gasteiger partial charge in [-0.2, -0.15) is 4.41 Å². The molecule has 2 rings (SSSR count). The van der Waals surface area contributed by atoms with Crippen LogP contribution < -0.4 is 15.2 Å². The molecule has 0 saturated carbocycles. The quantitative estimate of drug-likeness (QED) is 0.314. The number of amides is 3. The van der Waals surface area contributed by atoms with Crippen molar-refractivity contribution in [3.05, 3.63) is 46.9 Å². The predicted molar refractivity (Wildman–Crippen MR) is 123 cm³/mol. The van der Waals surface area contributed by atoms with E-state index in [4.69, 9.17) is 0 Å². The van der Waals surface area contributed by atoms with E-state index in [0.29, 0.717) is 10.8 Å². The van der Waals surface area contributed by atoms with Crippen LogP contribution in [0.15, 0.2) is 41.9 Å². The molecule has 1 heterocycles. The van der Waals surface area contributed by atoms with Crippen LogP contribution in [0.25, 0.3) is 0 Å². The topological polar surface area (TPSA) is 149 Å². The van der Waals surface area contributed by atoms with E-state index in [1.807, 2.05) is 13.8 Å². The molecule has 0 bridgehead atoms. The van der Waals surface area contributed by atoms with Crippen molar-refractivity contribution in [1.82, 2.24) is 20.8 Å². The van der Waals surface area contributed by atoms with Crippen LogP contribution in [0.1, 0.15) is 36.5 Å². The second kappa shape index (κ2) is 11.7. The number of nitrogens with zero attached hydrogens (tertiary/aromatic N) is 3. The highest BCUT2D eigenvalue weighted by atomic mass is 32.2. The minimum absolute atomic E-state index is 0.0633. The van der Waals surface area contributed by atoms with E-state index >= 15 is 0 Å². The smallest absolute Gasteiger partial charge is 0.280 e. The van der Waals surface area contributed by atoms with Gasteiger partial charge in [0, 0.05) is 24.5 Å². The second-order valence-electron chi connectivity index (χ2n) is 7.55. The van der Waals surface area contributed by atoms with E-state index in [-0.39, 0.29) is 23.0 Å². The Bertz CT molecular complexity index is 1040. The summed E-state index contributed by atoms with van der Waals surface area (Å²) in [4.78, 5) is 42.1. The van der Waals surface area contributed by atoms with Crippen molar-refractivity contribution in [1.29, 1.82) is 0 Å². The average molecular weight is 498 g/mol. The molecule has 0 fully saturated rings. The first kappa shape index (κ1) is 26.2. The number of hydrazine groups is 1. The summed E-state index contributed by atoms with van der Waals surface area (Å²) in [7, 11) is -4.12. The number of thiazole rings is 1. The van der Waals surface area contributed by atoms with Crippen LogP contribution in [-0.2, 0) is 19.6 Å². The van der Waals surface area contributed by atoms with Gasteiger partial charge in [0.15, 0.2) is 11.0 Å². The number of rotatable bonds is 11. The van der Waals surface area contributed by atoms with Crippen LogP contribution in [0.4, 0.5) is 5.69 Å². The third-order valence-electron chi connectivity index (χ3n) is 4.47. The number of benzene rings is 1. The van der Waals surface area contributed by atoms with Crippen molar-refractivity contribution in [3.8, 4) is 0 Å². The molecule has 0 aliphatic rings. The maximum absolute atomic E-state index is 13.3. The van der Waals surface area contributed by atoms with Gasteiger partial charge in [-0.05, 0) is 24.5 Å². The fourth-order valence-corrected chi connectivity index (χ4v) is 4.51. The van der Waals surface area contributed by atoms with Gasteiger partial charge in [-0.25, -0.2) is 23.9 Å². The summed E-state index contributed by atoms with van der Waals surface area (Å²) in [5.74, 6) is -2.22. The van der Waals surface area contributed by atoms with Crippen LogP contribution >= 0.6 is 11.3 Å². The molecule has 0 unspecified atom stereocenters. The van der Waals surface area contributed by atoms with Gasteiger partial charge in [-0.3, -0.25) is 19.6 Å². The van der Waals surface area contributed by atoms with Crippen molar-refractivity contribution >= 4 is 44.8 Å². The molecule has 3 N–H and O–H groups in total. The van der Waals surface area contributed by atoms with Gasteiger partial charge >= 0.3 is 0 Å². The first-order valence-corrected chi connectivity index (χ1v) is 12.8. The molecule has 180 valence electrons. The molecular weight excluding hydrogens is 470 g/mol. The monoisotopic (exact) mass is 497 g/mol. The molecule has 33 heavy (non-hydrogen) atoms. The standard InChI is InChI=1S/C20H27N5O6S2/c1-14(2)9-10-17(26)24(25(33(3,30)31)15-7-5-4-6-8-15)16(18(27)23-29)13-22-19(28)20-21-11-12-32-20/h4-8,11-12,14,16,29H,9-10,13H2,1-3H3,(H,22,28)(H,23,27)/t16-/m1/s1. The number of nitrogens with one attached hydrogen (secondary N) is 2. The van der Waals surface area contributed by atoms with Gasteiger partial charge in [-0.15, -0.1) is 11.3 Å². The van der Waals surface area contributed by atoms with E-state index in [1.165, 1.54) is 23.8 Å². The lowest BCUT2D eigenvalue weighted by Crippen LogP contribution is -2.62. The maximum Gasteiger partial charge on any atom is 0.280 e. The summed E-state index contributed by atoms with van der Waals surface area (Å²) in [5.41, 5.74) is 1.57. The minimum atomic E-state index is -4.12. The lowest BCUT2D eigenvalue weighted by Gasteiger charge is -2.39. The van der Waals surface area contributed by atoms with Crippen LogP contribution in [0.5, 0.6) is 0 Å². The van der Waals surface area contributed by atoms with Gasteiger partial charge in [0.1, 0.15) is 0 Å². The molecule has 1 aromatic carbocycles. The zero-order chi connectivity index (χ0) is 24.6. The van der Waals surface area contributed by atoms with E-state index in [0.717, 1.165) is 22.6 Å². The lowest BCUT2D eigenvalue weighted by atomic mass is 10.1. The number of para-hydroxylation sites is 1. The Hall–Kier alpha value is -3.03. The van der Waals surface area contributed by atoms with Gasteiger partial charge in [0.25, 0.3) is 11.8 Å². The van der Waals surface area contributed by atoms with Crippen LogP contribution in [0.2, 0.25) is 0 Å². The van der Waals surface area contributed by atoms with Gasteiger partial charge in [-0.1, -0.05) is 32.0 Å². The van der Waals surface area contributed by atoms with Crippen molar-refractivity contribution < 1.29 is 28.0 Å². The van der Waals surface area contributed by atoms with Crippen molar-refractivity contribution in [2.75, 3.05) is 17.2 Å². The Balaban J connectivity index is 2.51. The number of hydrogen-bond acceptors (Lipinski definition) is 8. The number of carbonyl (C=O) groups excluding carboxylic acids is 3. The van der Waals surface area contributed by atoms with Crippen LogP contribution in [-0.4, -0.2) is 60.2 Å². The Kier molecular flexibility index (Phi) is 9.32. The predicted octanol–water partition coefficient (Wildman–Crippen LogP) is 1.39. The Morgan fingerprint density at radius 2 is 1.85 bits per heavy atom. The number of hydrogen-bond donors (Lipinski definition) is 3. The third-order valence-corrected chi connectivity index (χ3v) is 6.26. The largest absolute Gasteiger partial charge is 0.347 e. The summed E-state index contributed by atoms with van der Waals surface area (Å²) < 4.78 is 26.3. The Morgan fingerprint density at radius 1 is 1.18 bits per heavy atom. The van der Waals surface area contributed by atoms with E-state index in [1.54, 1.807) is 23.6 Å². The molecule has 13 heteroatoms. The molecule has 1 aromatic heterocycles. The lowest BCUT2D eigenvalue weighted by molar-refractivity contribution is -0.144. The molecule has 3 amide bonds. The first-order chi connectivity index (χ1) is 15.6. The van der Waals surface area contributed by atoms with Gasteiger partial charge in [0.2, 0.25) is 15.9 Å². The SMILES string of the molecule is CC(C)CCC(=O)N([C@H](CNC(=O)c1nccs1)C(=O)NO)N(c1ccccc1)S(C)(=O)=O. The maximum atomic E-state index is 13.3. The van der Waals surface area contributed by atoms with Crippen molar-refractivity contribution in [2.45, 2.75) is 32.7 Å². The van der Waals surface area contributed by atoms with Crippen LogP contribution in [0, 0.1) is 5.92 Å². The minimum Gasteiger partial charge on any atom is -0.347 e. The van der Waals surface area contributed by atoms with E-state index < -0.39 is 40.3 Å². The first-order valence-electron chi connectivity index (χ1n) is 10.0. The zero-order valence-corrected chi connectivity index (χ0v) is 20.1. The Labute approximate surface area is 196 Å². The zero-order valence-electron chi connectivity index (χ0n) is 18.5. The number of sulfonamides is 1. The number of aromatic nitrogens is 1. The normalized spacial score (nSPS) is 12.2. The molecule has 0 aliphatic heterocycles. The summed E-state index contributed by atoms with van der Waals surface area (Å²) in [6, 6.07) is 6.18. The molecule has 0 radical (unpaired) electrons. The summed E-state index contributed by atoms with van der Waals surface area (Å²) in [5, 5.41) is 14.3. The summed E-state index contributed by atoms with van der Waals surface area (Å²) in [6.45, 7) is 3.32. The average Bonchev–Trinajstić information content (AvgIpc) is 3.31. The number of carbonyl (C=O) groups is 3. The molecule has 0 spiro atoms. The highest BCUT2D eigenvalue weighted by Crippen LogP contribution is 2.23. The molecule has 2 aromatic rings. The third kappa shape index (κ3) is 7.23. The number of hydroxylamine groups is 1. The number of anilines is 1. The Morgan fingerprint density at radius 3 is 2.36 bits per heavy atom. The molecule has 1 atom stereocenters. The molecule has 0 aliphatic carbocycles. The van der Waals surface area contributed by atoms with Crippen molar-refractivity contribution in [2.24, 2.45) is 5.92 Å². The van der Waals surface area contributed by atoms with Crippen LogP contribution in [0.3, 0.4) is 0 Å². The molecule has 0 saturated heterocycles. The van der Waals surface area contributed by atoms with E-state index in [9.17, 15) is 28.0 Å². The van der Waals surface area contributed by atoms with Gasteiger partial charge < -0.3 is 5.32 Å². The second-order valence-corrected chi connectivity index (χ2v) is 10.3.